The van der Waals surface area contributed by atoms with Crippen LogP contribution in [0.5, 0.6) is 38.9 Å². The van der Waals surface area contributed by atoms with E-state index in [1.54, 1.807) is 55.8 Å². The van der Waals surface area contributed by atoms with Crippen LogP contribution in [0.2, 0.25) is 0 Å². The summed E-state index contributed by atoms with van der Waals surface area (Å²) in [4.78, 5) is 27.8. The lowest BCUT2D eigenvalue weighted by atomic mass is 9.93. The molecule has 9 aromatic rings. The highest BCUT2D eigenvalue weighted by molar-refractivity contribution is 8.13. The standard InChI is InChI=1S/C14H21NO.C13H18O2.C13H12O.C11H14O.2C9H11N.C8H9NO.C8H9NS.C8H17N.C7H13N.C7H9N.2C6H8OS.2C5H7N/c1-13-5-7-14(8-6-13)16-12-11-15-9-3-2-4-10-15;1-11-2-4-13(5-3-11)15-10-12-6-8-14-9-7-12;1-11-7-9-13(10-8-11)14-12-5-3-2-4-6-12;1-8-3-4-9-7-10(12-2)5-6-11(8)9;2*1-7-2-3-8-4-5-10-9(8)6-7;2*1-6-2-3-8-7(4-6)9-5-10-8;1-3-9-6-4-8(2)5-7-9;2*1-6-3-4-7(2)8-5-6;2*1-5-3-4-6(7-2)8-5;1-6-4-2-3-5-6;1-5-3-2-4-6-5/h5-8H,2-4,9-12H2,1H3;2-5,12H,6-10H2,1H3;2-10H,1H3;5-8H,3-4H2,1-2H3;2*2-3,5-6,8-9H,4H2,1H3;2*2-5,7-8H,1H3;8H,3-7H2,1-2H3;6,8H,2-5H2,1H3;3-5,8H,2H2,1H3;2*3-4H,1-2H3;2-5H,1H3;2-4,6H,1H3/t;;;8-;;;;;;6-;;;;;/m...1.....1...../s1. The second-order valence-electron chi connectivity index (χ2n) is 40.2. The first-order valence-corrected chi connectivity index (χ1v) is 56.5. The third-order valence-corrected chi connectivity index (χ3v) is 29.8. The van der Waals surface area contributed by atoms with Gasteiger partial charge in [-0.15, -0.1) is 34.4 Å². The molecule has 4 fully saturated rings. The molecule has 0 spiro atoms. The molecule has 14 aliphatic rings. The molecular formula is C129H174N10O8S3. The number of thiophene rings is 2. The highest BCUT2D eigenvalue weighted by Crippen LogP contribution is 2.36. The number of aryl methyl sites for hydroxylation is 8. The maximum atomic E-state index is 5.74. The van der Waals surface area contributed by atoms with E-state index in [0.29, 0.717) is 41.1 Å². The van der Waals surface area contributed by atoms with Crippen molar-refractivity contribution in [1.29, 1.82) is 0 Å². The number of likely N-dealkylation sites (tertiary alicyclic amines) is 2. The largest absolute Gasteiger partial charge is 0.497 e. The summed E-state index contributed by atoms with van der Waals surface area (Å²) >= 11 is 5.14. The van der Waals surface area contributed by atoms with Crippen LogP contribution >= 0.6 is 34.4 Å². The number of aliphatic imine (C=N–C) groups is 4. The molecule has 0 saturated carbocycles. The van der Waals surface area contributed by atoms with Gasteiger partial charge in [0.05, 0.1) is 56.9 Å². The number of fused-ring (bicyclic) bond motifs is 5. The normalized spacial score (nSPS) is 21.4. The van der Waals surface area contributed by atoms with Crippen LogP contribution in [0, 0.1) is 71.1 Å². The molecule has 10 atom stereocenters. The molecule has 9 aliphatic heterocycles. The maximum absolute atomic E-state index is 5.74. The van der Waals surface area contributed by atoms with E-state index in [1.165, 1.54) is 174 Å². The van der Waals surface area contributed by atoms with E-state index < -0.39 is 0 Å². The SMILES string of the molecule is C=C1C=CC(C)=CN1.C=C1CC[C@@H](C)CN1.CC1=CC2N=CCC2C=C1.CC1=CC2N=CCC2C=C1.CC1=CC2N=COC2C=C1.CC1=CC2N=CSC2C=C1.CCN1CCC(C)CC1.COc1ccc(C)s1.COc1ccc(C)s1.COc1ccc2c(c1)CC[C@H]2C.Cc1ccc(OCC2CCOCC2)cc1.Cc1ccc(OCCN2CCCCC2)cc1.Cc1ccc(Oc2ccccc2)cc1.Cc1ccc[nH]1.Cn1cccc1. The molecule has 0 radical (unpaired) electrons. The zero-order valence-corrected chi connectivity index (χ0v) is 95.8. The molecule has 806 valence electrons. The van der Waals surface area contributed by atoms with Crippen LogP contribution < -0.4 is 39.1 Å². The number of methoxy groups -OCH3 is 3. The van der Waals surface area contributed by atoms with Crippen molar-refractivity contribution in [3.8, 4) is 38.9 Å². The molecule has 5 aromatic carbocycles. The van der Waals surface area contributed by atoms with Gasteiger partial charge in [0, 0.05) is 109 Å². The molecule has 23 rings (SSSR count). The molecule has 4 saturated heterocycles. The van der Waals surface area contributed by atoms with E-state index in [-0.39, 0.29) is 12.1 Å². The smallest absolute Gasteiger partial charge is 0.173 e. The number of piperidine rings is 3. The molecule has 8 unspecified atom stereocenters. The number of aromatic amines is 1. The molecule has 0 bridgehead atoms. The number of ether oxygens (including phenoxy) is 8. The van der Waals surface area contributed by atoms with Crippen LogP contribution in [-0.2, 0) is 22.9 Å². The van der Waals surface area contributed by atoms with Gasteiger partial charge in [-0.1, -0.05) is 220 Å². The highest BCUT2D eigenvalue weighted by atomic mass is 32.2. The van der Waals surface area contributed by atoms with Gasteiger partial charge >= 0.3 is 0 Å². The van der Waals surface area contributed by atoms with Gasteiger partial charge in [-0.25, -0.2) is 4.99 Å². The summed E-state index contributed by atoms with van der Waals surface area (Å²) in [6, 6.07) is 58.4. The molecule has 21 heteroatoms. The first kappa shape index (κ1) is 122. The number of benzene rings is 5. The molecule has 4 aromatic heterocycles. The van der Waals surface area contributed by atoms with Gasteiger partial charge in [0.25, 0.3) is 0 Å². The van der Waals surface area contributed by atoms with Crippen LogP contribution in [0.3, 0.4) is 0 Å². The fourth-order valence-electron chi connectivity index (χ4n) is 17.2. The minimum atomic E-state index is 0.170. The summed E-state index contributed by atoms with van der Waals surface area (Å²) in [6.07, 6.45) is 60.3. The second-order valence-corrected chi connectivity index (χ2v) is 43.7. The number of dihydropyridines is 1. The van der Waals surface area contributed by atoms with Crippen LogP contribution in [-0.4, -0.2) is 173 Å². The lowest BCUT2D eigenvalue weighted by molar-refractivity contribution is 0.0497. The topological polar surface area (TPSA) is 175 Å². The van der Waals surface area contributed by atoms with Gasteiger partial charge in [0.15, 0.2) is 16.5 Å². The fourth-order valence-corrected chi connectivity index (χ4v) is 19.4. The van der Waals surface area contributed by atoms with E-state index >= 15 is 0 Å². The average molecular weight is 2090 g/mol. The number of hydrogen-bond donors (Lipinski definition) is 3. The predicted molar refractivity (Wildman–Crippen MR) is 641 cm³/mol. The maximum Gasteiger partial charge on any atom is 0.173 e. The number of allylic oxidation sites excluding steroid dienone is 12. The number of aromatic nitrogens is 2. The number of rotatable bonds is 13. The fraction of sp³-hybridized carbons (Fsp3) is 0.426. The Hall–Kier alpha value is -12.0. The van der Waals surface area contributed by atoms with Crippen LogP contribution in [0.25, 0.3) is 0 Å². The summed E-state index contributed by atoms with van der Waals surface area (Å²) in [5.74, 6) is 9.28. The summed E-state index contributed by atoms with van der Waals surface area (Å²) in [6.45, 7) is 51.6. The van der Waals surface area contributed by atoms with Crippen molar-refractivity contribution in [2.24, 2.45) is 56.6 Å². The van der Waals surface area contributed by atoms with Crippen LogP contribution in [0.15, 0.2) is 352 Å². The Kier molecular flexibility index (Phi) is 56.3. The Morgan fingerprint density at radius 3 is 1.52 bits per heavy atom. The summed E-state index contributed by atoms with van der Waals surface area (Å²) in [5, 5.41) is 8.79. The Balaban J connectivity index is 0.000000180. The van der Waals surface area contributed by atoms with Crippen molar-refractivity contribution in [3.05, 3.63) is 375 Å². The predicted octanol–water partition coefficient (Wildman–Crippen LogP) is 30.7. The van der Waals surface area contributed by atoms with Gasteiger partial charge in [0.2, 0.25) is 0 Å². The number of nitrogens with zero attached hydrogens (tertiary/aromatic N) is 7. The lowest BCUT2D eigenvalue weighted by Gasteiger charge is -2.28. The number of para-hydroxylation sites is 1. The van der Waals surface area contributed by atoms with Crippen molar-refractivity contribution >= 4 is 58.8 Å². The third-order valence-electron chi connectivity index (χ3n) is 26.9. The molecule has 5 aliphatic carbocycles. The number of nitrogens with one attached hydrogen (secondary N) is 3. The molecule has 3 N–H and O–H groups in total. The average Bonchev–Trinajstić information content (AvgIpc) is 1.70. The summed E-state index contributed by atoms with van der Waals surface area (Å²) < 4.78 is 44.7. The van der Waals surface area contributed by atoms with Crippen molar-refractivity contribution in [3.63, 3.8) is 0 Å². The van der Waals surface area contributed by atoms with E-state index in [1.807, 2.05) is 214 Å². The van der Waals surface area contributed by atoms with E-state index in [9.17, 15) is 0 Å². The Labute approximate surface area is 913 Å². The van der Waals surface area contributed by atoms with Crippen molar-refractivity contribution in [1.82, 2.24) is 30.0 Å². The van der Waals surface area contributed by atoms with Crippen molar-refractivity contribution in [2.75, 3.05) is 93.6 Å². The van der Waals surface area contributed by atoms with Gasteiger partial charge < -0.3 is 63.0 Å². The lowest BCUT2D eigenvalue weighted by Crippen LogP contribution is -2.33. The first-order valence-electron chi connectivity index (χ1n) is 53.9. The number of thioether (sulfide) groups is 1. The van der Waals surface area contributed by atoms with Crippen molar-refractivity contribution in [2.45, 2.75) is 229 Å². The Bertz CT molecular complexity index is 5490. The van der Waals surface area contributed by atoms with Crippen LogP contribution in [0.4, 0.5) is 0 Å². The Morgan fingerprint density at radius 2 is 1.03 bits per heavy atom. The minimum absolute atomic E-state index is 0.170. The Morgan fingerprint density at radius 1 is 0.480 bits per heavy atom. The van der Waals surface area contributed by atoms with E-state index in [2.05, 4.69) is 258 Å². The molecular weight excluding hydrogens is 1910 g/mol. The molecule has 0 amide bonds. The third kappa shape index (κ3) is 49.0. The molecule has 18 nitrogen and oxygen atoms in total. The van der Waals surface area contributed by atoms with Crippen LogP contribution in [0.1, 0.15) is 189 Å². The van der Waals surface area contributed by atoms with Gasteiger partial charge in [0.1, 0.15) is 47.5 Å². The first-order chi connectivity index (χ1) is 72.6. The highest BCUT2D eigenvalue weighted by Gasteiger charge is 2.27. The van der Waals surface area contributed by atoms with Gasteiger partial charge in [-0.05, 0) is 348 Å². The van der Waals surface area contributed by atoms with Gasteiger partial charge in [-0.3, -0.25) is 19.9 Å². The van der Waals surface area contributed by atoms with Gasteiger partial charge in [-0.2, -0.15) is 0 Å². The number of H-pyrrole nitrogens is 1. The zero-order chi connectivity index (χ0) is 107. The second kappa shape index (κ2) is 69.5. The monoisotopic (exact) mass is 2090 g/mol. The zero-order valence-electron chi connectivity index (χ0n) is 93.3. The number of hydrogen-bond acceptors (Lipinski definition) is 19. The summed E-state index contributed by atoms with van der Waals surface area (Å²) in [5.41, 5.74) is 18.6. The van der Waals surface area contributed by atoms with E-state index in [0.717, 1.165) is 128 Å². The molecule has 13 heterocycles. The minimum Gasteiger partial charge on any atom is -0.497 e. The molecule has 150 heavy (non-hydrogen) atoms. The van der Waals surface area contributed by atoms with Crippen molar-refractivity contribution < 1.29 is 37.9 Å². The van der Waals surface area contributed by atoms with E-state index in [4.69, 9.17) is 37.9 Å². The summed E-state index contributed by atoms with van der Waals surface area (Å²) in [7, 11) is 7.09. The quantitative estimate of drug-likeness (QED) is 0.0996.